The van der Waals surface area contributed by atoms with Crippen molar-refractivity contribution in [3.05, 3.63) is 24.0 Å². The summed E-state index contributed by atoms with van der Waals surface area (Å²) in [5, 5.41) is 0. The summed E-state index contributed by atoms with van der Waals surface area (Å²) in [6.07, 6.45) is 4.19. The lowest BCUT2D eigenvalue weighted by atomic mass is 10.1. The van der Waals surface area contributed by atoms with Gasteiger partial charge < -0.3 is 9.47 Å². The van der Waals surface area contributed by atoms with Crippen LogP contribution in [0.5, 0.6) is 5.75 Å². The molecule has 0 aromatic carbocycles. The maximum Gasteiger partial charge on any atom is 0.339 e. The van der Waals surface area contributed by atoms with E-state index in [-0.39, 0.29) is 0 Å². The summed E-state index contributed by atoms with van der Waals surface area (Å²) in [5.74, 6) is 0.192. The van der Waals surface area contributed by atoms with E-state index in [0.717, 1.165) is 13.0 Å². The average molecular weight is 254 g/mol. The molecule has 2 atom stereocenters. The molecular formula is C11H15N2O3P. The standard InChI is InChI=1S/C11H15N2O3P/c1-15-11(14)8-4-10(6-12-5-8)16-7-9-2-3-13(9)17/h4-6,9H,2-3,7,17H2,1H3/t9-/m0/s1. The second-order valence-corrected chi connectivity index (χ2v) is 4.56. The molecule has 0 amide bonds. The van der Waals surface area contributed by atoms with Crippen molar-refractivity contribution in [1.29, 1.82) is 0 Å². The Kier molecular flexibility index (Phi) is 3.92. The second-order valence-electron chi connectivity index (χ2n) is 3.89. The third-order valence-corrected chi connectivity index (χ3v) is 3.45. The lowest BCUT2D eigenvalue weighted by Crippen LogP contribution is -2.44. The van der Waals surface area contributed by atoms with E-state index in [0.29, 0.717) is 24.0 Å². The van der Waals surface area contributed by atoms with Gasteiger partial charge >= 0.3 is 5.97 Å². The average Bonchev–Trinajstić information content (AvgIpc) is 2.36. The molecule has 0 radical (unpaired) electrons. The Labute approximate surface area is 102 Å². The molecule has 2 heterocycles. The SMILES string of the molecule is COC(=O)c1cncc(OC[C@@H]2CCN2P)c1. The molecule has 5 nitrogen and oxygen atoms in total. The van der Waals surface area contributed by atoms with Gasteiger partial charge in [0.05, 0.1) is 18.9 Å². The first kappa shape index (κ1) is 12.3. The molecule has 0 N–H and O–H groups in total. The summed E-state index contributed by atoms with van der Waals surface area (Å²) < 4.78 is 12.4. The van der Waals surface area contributed by atoms with E-state index in [1.54, 1.807) is 12.3 Å². The maximum absolute atomic E-state index is 11.3. The molecule has 1 aliphatic rings. The number of hydrogen-bond donors (Lipinski definition) is 0. The largest absolute Gasteiger partial charge is 0.490 e. The van der Waals surface area contributed by atoms with Crippen molar-refractivity contribution in [2.24, 2.45) is 0 Å². The molecule has 0 aliphatic carbocycles. The molecule has 1 saturated heterocycles. The van der Waals surface area contributed by atoms with Crippen LogP contribution in [0.15, 0.2) is 18.5 Å². The molecule has 2 rings (SSSR count). The van der Waals surface area contributed by atoms with Crippen molar-refractivity contribution in [1.82, 2.24) is 9.65 Å². The van der Waals surface area contributed by atoms with E-state index >= 15 is 0 Å². The smallest absolute Gasteiger partial charge is 0.339 e. The van der Waals surface area contributed by atoms with Gasteiger partial charge in [-0.3, -0.25) is 9.65 Å². The van der Waals surface area contributed by atoms with Crippen molar-refractivity contribution in [3.63, 3.8) is 0 Å². The summed E-state index contributed by atoms with van der Waals surface area (Å²) in [5.41, 5.74) is 0.404. The van der Waals surface area contributed by atoms with E-state index in [2.05, 4.69) is 23.8 Å². The predicted octanol–water partition coefficient (Wildman–Crippen LogP) is 1.11. The van der Waals surface area contributed by atoms with Gasteiger partial charge in [-0.2, -0.15) is 0 Å². The Bertz CT molecular complexity index is 413. The van der Waals surface area contributed by atoms with Crippen molar-refractivity contribution < 1.29 is 14.3 Å². The summed E-state index contributed by atoms with van der Waals surface area (Å²) in [6.45, 7) is 1.69. The molecule has 0 bridgehead atoms. The van der Waals surface area contributed by atoms with Crippen LogP contribution in [0.2, 0.25) is 0 Å². The number of nitrogens with zero attached hydrogens (tertiary/aromatic N) is 2. The summed E-state index contributed by atoms with van der Waals surface area (Å²) in [7, 11) is 4.01. The van der Waals surface area contributed by atoms with Crippen LogP contribution in [-0.4, -0.2) is 41.9 Å². The lowest BCUT2D eigenvalue weighted by Gasteiger charge is -2.36. The topological polar surface area (TPSA) is 51.7 Å². The number of rotatable bonds is 4. The molecule has 1 fully saturated rings. The third kappa shape index (κ3) is 2.93. The zero-order valence-corrected chi connectivity index (χ0v) is 10.8. The van der Waals surface area contributed by atoms with Gasteiger partial charge in [0.25, 0.3) is 0 Å². The minimum atomic E-state index is -0.403. The Morgan fingerprint density at radius 1 is 1.65 bits per heavy atom. The minimum Gasteiger partial charge on any atom is -0.490 e. The fourth-order valence-corrected chi connectivity index (χ4v) is 1.94. The summed E-state index contributed by atoms with van der Waals surface area (Å²) in [4.78, 5) is 15.2. The van der Waals surface area contributed by atoms with Gasteiger partial charge in [-0.25, -0.2) is 4.79 Å². The zero-order chi connectivity index (χ0) is 12.3. The van der Waals surface area contributed by atoms with Crippen LogP contribution in [-0.2, 0) is 4.74 Å². The summed E-state index contributed by atoms with van der Waals surface area (Å²) >= 11 is 0. The van der Waals surface area contributed by atoms with Crippen LogP contribution in [0, 0.1) is 0 Å². The molecule has 1 aromatic rings. The minimum absolute atomic E-state index is 0.403. The first-order valence-electron chi connectivity index (χ1n) is 5.38. The Morgan fingerprint density at radius 2 is 2.47 bits per heavy atom. The Balaban J connectivity index is 1.94. The molecule has 6 heteroatoms. The van der Waals surface area contributed by atoms with Gasteiger partial charge in [0.1, 0.15) is 12.4 Å². The number of methoxy groups -OCH3 is 1. The monoisotopic (exact) mass is 254 g/mol. The molecule has 92 valence electrons. The van der Waals surface area contributed by atoms with Crippen LogP contribution < -0.4 is 4.74 Å². The van der Waals surface area contributed by atoms with E-state index in [9.17, 15) is 4.79 Å². The molecule has 0 spiro atoms. The normalized spacial score (nSPS) is 19.5. The maximum atomic E-state index is 11.3. The highest BCUT2D eigenvalue weighted by Gasteiger charge is 2.24. The van der Waals surface area contributed by atoms with Crippen molar-refractivity contribution in [2.75, 3.05) is 20.3 Å². The lowest BCUT2D eigenvalue weighted by molar-refractivity contribution is 0.0599. The fraction of sp³-hybridized carbons (Fsp3) is 0.455. The molecule has 0 saturated carbocycles. The Hall–Kier alpha value is -1.19. The van der Waals surface area contributed by atoms with Crippen LogP contribution in [0.25, 0.3) is 0 Å². The molecule has 17 heavy (non-hydrogen) atoms. The van der Waals surface area contributed by atoms with Crippen LogP contribution >= 0.6 is 9.39 Å². The predicted molar refractivity (Wildman–Crippen MR) is 65.9 cm³/mol. The van der Waals surface area contributed by atoms with Gasteiger partial charge in [-0.05, 0) is 12.5 Å². The van der Waals surface area contributed by atoms with Gasteiger partial charge in [0.2, 0.25) is 0 Å². The molecule has 1 aliphatic heterocycles. The van der Waals surface area contributed by atoms with Gasteiger partial charge in [0, 0.05) is 18.8 Å². The zero-order valence-electron chi connectivity index (χ0n) is 9.63. The van der Waals surface area contributed by atoms with Gasteiger partial charge in [-0.1, -0.05) is 9.39 Å². The quantitative estimate of drug-likeness (QED) is 0.595. The van der Waals surface area contributed by atoms with Crippen molar-refractivity contribution in [2.45, 2.75) is 12.5 Å². The highest BCUT2D eigenvalue weighted by Crippen LogP contribution is 2.22. The fourth-order valence-electron chi connectivity index (χ4n) is 1.56. The molecule has 1 aromatic heterocycles. The van der Waals surface area contributed by atoms with E-state index < -0.39 is 5.97 Å². The summed E-state index contributed by atoms with van der Waals surface area (Å²) in [6, 6.07) is 2.08. The highest BCUT2D eigenvalue weighted by molar-refractivity contribution is 7.13. The van der Waals surface area contributed by atoms with Gasteiger partial charge in [-0.15, -0.1) is 0 Å². The number of pyridine rings is 1. The van der Waals surface area contributed by atoms with E-state index in [1.807, 2.05) is 0 Å². The highest BCUT2D eigenvalue weighted by atomic mass is 31.0. The number of aromatic nitrogens is 1. The molecular weight excluding hydrogens is 239 g/mol. The number of hydrogen-bond acceptors (Lipinski definition) is 5. The van der Waals surface area contributed by atoms with Crippen LogP contribution in [0.3, 0.4) is 0 Å². The Morgan fingerprint density at radius 3 is 3.06 bits per heavy atom. The van der Waals surface area contributed by atoms with E-state index in [4.69, 9.17) is 4.74 Å². The van der Waals surface area contributed by atoms with Crippen molar-refractivity contribution in [3.8, 4) is 5.75 Å². The van der Waals surface area contributed by atoms with Gasteiger partial charge in [0.15, 0.2) is 0 Å². The second kappa shape index (κ2) is 5.43. The number of ether oxygens (including phenoxy) is 2. The van der Waals surface area contributed by atoms with Crippen LogP contribution in [0.4, 0.5) is 0 Å². The number of esters is 1. The van der Waals surface area contributed by atoms with E-state index in [1.165, 1.54) is 13.3 Å². The molecule has 1 unspecified atom stereocenters. The first-order chi connectivity index (χ1) is 8.20. The van der Waals surface area contributed by atoms with Crippen molar-refractivity contribution >= 4 is 15.4 Å². The first-order valence-corrected chi connectivity index (χ1v) is 5.90. The number of carbonyl (C=O) groups excluding carboxylic acids is 1. The number of carbonyl (C=O) groups is 1. The van der Waals surface area contributed by atoms with Crippen LogP contribution in [0.1, 0.15) is 16.8 Å². The third-order valence-electron chi connectivity index (χ3n) is 2.77.